The lowest BCUT2D eigenvalue weighted by atomic mass is 10.1. The summed E-state index contributed by atoms with van der Waals surface area (Å²) < 4.78 is 41.3. The van der Waals surface area contributed by atoms with Crippen molar-refractivity contribution in [1.82, 2.24) is 24.9 Å². The fourth-order valence-electron chi connectivity index (χ4n) is 3.33. The van der Waals surface area contributed by atoms with E-state index >= 15 is 0 Å². The molecule has 4 heterocycles. The Hall–Kier alpha value is -3.25. The molecule has 0 spiro atoms. The van der Waals surface area contributed by atoms with Crippen LogP contribution in [0.2, 0.25) is 0 Å². The van der Waals surface area contributed by atoms with E-state index in [1.165, 1.54) is 29.8 Å². The fourth-order valence-corrected chi connectivity index (χ4v) is 5.06. The van der Waals surface area contributed by atoms with E-state index in [-0.39, 0.29) is 5.75 Å². The number of hydrogen-bond donors (Lipinski definition) is 2. The second kappa shape index (κ2) is 8.02. The topological polar surface area (TPSA) is 88.6 Å². The van der Waals surface area contributed by atoms with Crippen LogP contribution in [0.4, 0.5) is 19.0 Å². The Labute approximate surface area is 187 Å². The molecule has 0 saturated carbocycles. The lowest BCUT2D eigenvalue weighted by Gasteiger charge is -2.08. The van der Waals surface area contributed by atoms with Gasteiger partial charge in [-0.15, -0.1) is 24.5 Å². The largest absolute Gasteiger partial charge is 0.573 e. The molecule has 164 valence electrons. The molecule has 0 aliphatic carbocycles. The maximum Gasteiger partial charge on any atom is 0.573 e. The molecule has 0 aliphatic heterocycles. The third-order valence-corrected chi connectivity index (χ3v) is 6.73. The SMILES string of the molecule is Cc1ncc(-c2nc3c(NCCc4c[nH]c5cc(OC(F)(F)F)ccc45)ncnc3s2)s1. The number of anilines is 1. The molecule has 0 amide bonds. The summed E-state index contributed by atoms with van der Waals surface area (Å²) in [7, 11) is 0. The summed E-state index contributed by atoms with van der Waals surface area (Å²) in [5, 5.41) is 5.96. The summed E-state index contributed by atoms with van der Waals surface area (Å²) in [5.41, 5.74) is 2.25. The number of thiazole rings is 2. The number of ether oxygens (including phenoxy) is 1. The lowest BCUT2D eigenvalue weighted by Crippen LogP contribution is -2.16. The average Bonchev–Trinajstić information content (AvgIpc) is 3.45. The van der Waals surface area contributed by atoms with Crippen molar-refractivity contribution < 1.29 is 17.9 Å². The van der Waals surface area contributed by atoms with Gasteiger partial charge in [-0.25, -0.2) is 19.9 Å². The maximum absolute atomic E-state index is 12.4. The molecule has 5 aromatic rings. The smallest absolute Gasteiger partial charge is 0.406 e. The number of halogens is 3. The second-order valence-corrected chi connectivity index (χ2v) is 9.10. The van der Waals surface area contributed by atoms with Gasteiger partial charge in [-0.05, 0) is 31.0 Å². The van der Waals surface area contributed by atoms with Gasteiger partial charge < -0.3 is 15.0 Å². The maximum atomic E-state index is 12.4. The van der Waals surface area contributed by atoms with Crippen LogP contribution < -0.4 is 10.1 Å². The highest BCUT2D eigenvalue weighted by molar-refractivity contribution is 7.25. The number of benzene rings is 1. The quantitative estimate of drug-likeness (QED) is 0.334. The molecular formula is C20H15F3N6OS2. The molecule has 1 aromatic carbocycles. The van der Waals surface area contributed by atoms with E-state index in [0.29, 0.717) is 29.8 Å². The lowest BCUT2D eigenvalue weighted by molar-refractivity contribution is -0.274. The van der Waals surface area contributed by atoms with Crippen molar-refractivity contribution in [1.29, 1.82) is 0 Å². The summed E-state index contributed by atoms with van der Waals surface area (Å²) in [5.74, 6) is 0.384. The zero-order valence-electron chi connectivity index (χ0n) is 16.5. The van der Waals surface area contributed by atoms with E-state index < -0.39 is 6.36 Å². The highest BCUT2D eigenvalue weighted by Gasteiger charge is 2.31. The first-order valence-corrected chi connectivity index (χ1v) is 11.1. The number of nitrogens with one attached hydrogen (secondary N) is 2. The van der Waals surface area contributed by atoms with E-state index in [1.54, 1.807) is 29.8 Å². The number of rotatable bonds is 6. The van der Waals surface area contributed by atoms with E-state index in [1.807, 2.05) is 6.92 Å². The van der Waals surface area contributed by atoms with Gasteiger partial charge in [0.25, 0.3) is 0 Å². The normalized spacial score (nSPS) is 12.0. The minimum Gasteiger partial charge on any atom is -0.406 e. The summed E-state index contributed by atoms with van der Waals surface area (Å²) in [6.45, 7) is 2.51. The monoisotopic (exact) mass is 476 g/mol. The minimum atomic E-state index is -4.72. The molecule has 12 heteroatoms. The van der Waals surface area contributed by atoms with Crippen LogP contribution in [0.1, 0.15) is 10.6 Å². The third kappa shape index (κ3) is 4.23. The number of fused-ring (bicyclic) bond motifs is 2. The van der Waals surface area contributed by atoms with Crippen LogP contribution in [0.15, 0.2) is 36.9 Å². The Morgan fingerprint density at radius 2 is 2.03 bits per heavy atom. The first-order valence-electron chi connectivity index (χ1n) is 9.50. The van der Waals surface area contributed by atoms with Crippen LogP contribution in [0.3, 0.4) is 0 Å². The summed E-state index contributed by atoms with van der Waals surface area (Å²) in [6, 6.07) is 4.27. The zero-order chi connectivity index (χ0) is 22.3. The van der Waals surface area contributed by atoms with Crippen molar-refractivity contribution in [3.8, 4) is 15.6 Å². The van der Waals surface area contributed by atoms with Crippen LogP contribution in [0.25, 0.3) is 31.1 Å². The standard InChI is InChI=1S/C20H15F3N6OS2/c1-10-25-8-15(31-10)18-29-16-17(27-9-28-19(16)32-18)24-5-4-11-7-26-14-6-12(2-3-13(11)14)30-20(21,22)23/h2-3,6-9,26H,4-5H2,1H3,(H,24,27,28). The molecule has 32 heavy (non-hydrogen) atoms. The Kier molecular flexibility index (Phi) is 5.18. The average molecular weight is 477 g/mol. The molecule has 0 saturated heterocycles. The van der Waals surface area contributed by atoms with Crippen molar-refractivity contribution in [3.05, 3.63) is 47.5 Å². The molecule has 4 aromatic heterocycles. The predicted octanol–water partition coefficient (Wildman–Crippen LogP) is 5.55. The van der Waals surface area contributed by atoms with Gasteiger partial charge in [-0.3, -0.25) is 0 Å². The van der Waals surface area contributed by atoms with Crippen LogP contribution in [0, 0.1) is 6.92 Å². The second-order valence-electron chi connectivity index (χ2n) is 6.88. The molecule has 7 nitrogen and oxygen atoms in total. The van der Waals surface area contributed by atoms with Crippen LogP contribution in [-0.2, 0) is 6.42 Å². The number of nitrogens with zero attached hydrogens (tertiary/aromatic N) is 4. The highest BCUT2D eigenvalue weighted by Crippen LogP contribution is 2.34. The molecule has 0 unspecified atom stereocenters. The Bertz CT molecular complexity index is 1410. The Balaban J connectivity index is 1.31. The van der Waals surface area contributed by atoms with Crippen LogP contribution in [0.5, 0.6) is 5.75 Å². The number of H-pyrrole nitrogens is 1. The van der Waals surface area contributed by atoms with Crippen molar-refractivity contribution in [2.24, 2.45) is 0 Å². The van der Waals surface area contributed by atoms with E-state index in [0.717, 1.165) is 30.7 Å². The van der Waals surface area contributed by atoms with Crippen LogP contribution >= 0.6 is 22.7 Å². The van der Waals surface area contributed by atoms with Crippen LogP contribution in [-0.4, -0.2) is 37.8 Å². The molecular weight excluding hydrogens is 461 g/mol. The van der Waals surface area contributed by atoms with Gasteiger partial charge in [-0.1, -0.05) is 11.3 Å². The predicted molar refractivity (Wildman–Crippen MR) is 118 cm³/mol. The van der Waals surface area contributed by atoms with Gasteiger partial charge in [0.1, 0.15) is 27.4 Å². The van der Waals surface area contributed by atoms with Crippen molar-refractivity contribution in [2.45, 2.75) is 19.7 Å². The van der Waals surface area contributed by atoms with Crippen molar-refractivity contribution >= 4 is 49.7 Å². The first-order chi connectivity index (χ1) is 15.4. The fraction of sp³-hybridized carbons (Fsp3) is 0.200. The van der Waals surface area contributed by atoms with E-state index in [2.05, 4.69) is 30.0 Å². The first kappa shape index (κ1) is 20.6. The van der Waals surface area contributed by atoms with E-state index in [9.17, 15) is 13.2 Å². The van der Waals surface area contributed by atoms with E-state index in [4.69, 9.17) is 4.98 Å². The van der Waals surface area contributed by atoms with Gasteiger partial charge in [-0.2, -0.15) is 0 Å². The molecule has 0 bridgehead atoms. The number of alkyl halides is 3. The van der Waals surface area contributed by atoms with Crippen molar-refractivity contribution in [2.75, 3.05) is 11.9 Å². The number of aromatic amines is 1. The Morgan fingerprint density at radius 1 is 1.16 bits per heavy atom. The van der Waals surface area contributed by atoms with Gasteiger partial charge in [0, 0.05) is 35.9 Å². The zero-order valence-corrected chi connectivity index (χ0v) is 18.2. The number of aryl methyl sites for hydroxylation is 1. The van der Waals surface area contributed by atoms with Crippen molar-refractivity contribution in [3.63, 3.8) is 0 Å². The van der Waals surface area contributed by atoms with Gasteiger partial charge in [0.15, 0.2) is 5.82 Å². The Morgan fingerprint density at radius 3 is 2.81 bits per heavy atom. The molecule has 0 fully saturated rings. The number of aromatic nitrogens is 5. The third-order valence-electron chi connectivity index (χ3n) is 4.69. The summed E-state index contributed by atoms with van der Waals surface area (Å²) in [6.07, 6.45) is 1.01. The van der Waals surface area contributed by atoms with Gasteiger partial charge in [0.2, 0.25) is 0 Å². The molecule has 2 N–H and O–H groups in total. The molecule has 0 atom stereocenters. The van der Waals surface area contributed by atoms with Gasteiger partial charge >= 0.3 is 6.36 Å². The summed E-state index contributed by atoms with van der Waals surface area (Å²) >= 11 is 3.06. The highest BCUT2D eigenvalue weighted by atomic mass is 32.1. The number of hydrogen-bond acceptors (Lipinski definition) is 8. The molecule has 0 aliphatic rings. The summed E-state index contributed by atoms with van der Waals surface area (Å²) in [4.78, 5) is 22.4. The molecule has 0 radical (unpaired) electrons. The molecule has 5 rings (SSSR count). The minimum absolute atomic E-state index is 0.254. The van der Waals surface area contributed by atoms with Gasteiger partial charge in [0.05, 0.1) is 9.88 Å².